The highest BCUT2D eigenvalue weighted by Gasteiger charge is 2.15. The fourth-order valence-electron chi connectivity index (χ4n) is 1.83. The van der Waals surface area contributed by atoms with Crippen LogP contribution in [0.2, 0.25) is 5.28 Å². The first-order valence-corrected chi connectivity index (χ1v) is 6.92. The van der Waals surface area contributed by atoms with Crippen LogP contribution in [0.25, 0.3) is 10.2 Å². The molecule has 2 aromatic heterocycles. The van der Waals surface area contributed by atoms with E-state index in [4.69, 9.17) is 21.1 Å². The van der Waals surface area contributed by atoms with E-state index in [9.17, 15) is 0 Å². The third-order valence-corrected chi connectivity index (χ3v) is 3.66. The van der Waals surface area contributed by atoms with Crippen LogP contribution in [0, 0.1) is 0 Å². The largest absolute Gasteiger partial charge is 0.376 e. The lowest BCUT2D eigenvalue weighted by atomic mass is 10.3. The number of ether oxygens (including phenoxy) is 2. The van der Waals surface area contributed by atoms with Gasteiger partial charge in [0.1, 0.15) is 10.6 Å². The van der Waals surface area contributed by atoms with E-state index < -0.39 is 0 Å². The van der Waals surface area contributed by atoms with E-state index in [1.807, 2.05) is 11.4 Å². The molecule has 0 radical (unpaired) electrons. The minimum absolute atomic E-state index is 0.0566. The summed E-state index contributed by atoms with van der Waals surface area (Å²) in [5.41, 5.74) is 0. The van der Waals surface area contributed by atoms with E-state index >= 15 is 0 Å². The van der Waals surface area contributed by atoms with Gasteiger partial charge in [0, 0.05) is 6.54 Å². The maximum atomic E-state index is 5.89. The molecule has 0 bridgehead atoms. The van der Waals surface area contributed by atoms with Crippen molar-refractivity contribution in [2.45, 2.75) is 6.10 Å². The monoisotopic (exact) mass is 285 g/mol. The van der Waals surface area contributed by atoms with Gasteiger partial charge in [-0.1, -0.05) is 0 Å². The van der Waals surface area contributed by atoms with E-state index in [1.165, 1.54) is 0 Å². The lowest BCUT2D eigenvalue weighted by Gasteiger charge is -2.23. The van der Waals surface area contributed by atoms with Gasteiger partial charge in [-0.25, -0.2) is 9.97 Å². The first-order chi connectivity index (χ1) is 8.83. The molecule has 5 nitrogen and oxygen atoms in total. The molecule has 96 valence electrons. The Morgan fingerprint density at radius 2 is 2.39 bits per heavy atom. The Kier molecular flexibility index (Phi) is 3.60. The Bertz CT molecular complexity index is 542. The third kappa shape index (κ3) is 2.56. The van der Waals surface area contributed by atoms with E-state index in [0.29, 0.717) is 26.4 Å². The fourth-order valence-corrected chi connectivity index (χ4v) is 2.81. The van der Waals surface area contributed by atoms with Crippen molar-refractivity contribution in [3.8, 4) is 0 Å². The van der Waals surface area contributed by atoms with Crippen molar-refractivity contribution in [2.24, 2.45) is 0 Å². The van der Waals surface area contributed by atoms with Crippen molar-refractivity contribution >= 4 is 39.0 Å². The summed E-state index contributed by atoms with van der Waals surface area (Å²) in [6.07, 6.45) is 0.0566. The van der Waals surface area contributed by atoms with Crippen LogP contribution in [0.1, 0.15) is 0 Å². The van der Waals surface area contributed by atoms with Crippen LogP contribution in [0.15, 0.2) is 11.4 Å². The Labute approximate surface area is 113 Å². The summed E-state index contributed by atoms with van der Waals surface area (Å²) in [5.74, 6) is 0.750. The summed E-state index contributed by atoms with van der Waals surface area (Å²) in [5, 5.41) is 6.47. The van der Waals surface area contributed by atoms with Gasteiger partial charge >= 0.3 is 0 Å². The van der Waals surface area contributed by atoms with Crippen LogP contribution >= 0.6 is 22.9 Å². The molecule has 1 fully saturated rings. The molecule has 1 N–H and O–H groups in total. The van der Waals surface area contributed by atoms with E-state index in [1.54, 1.807) is 11.3 Å². The van der Waals surface area contributed by atoms with Crippen molar-refractivity contribution in [1.82, 2.24) is 9.97 Å². The third-order valence-electron chi connectivity index (χ3n) is 2.68. The molecular weight excluding hydrogens is 274 g/mol. The first-order valence-electron chi connectivity index (χ1n) is 5.67. The molecule has 0 saturated carbocycles. The number of rotatable bonds is 3. The Morgan fingerprint density at radius 3 is 3.22 bits per heavy atom. The van der Waals surface area contributed by atoms with Crippen LogP contribution in [0.4, 0.5) is 5.82 Å². The highest BCUT2D eigenvalue weighted by molar-refractivity contribution is 7.16. The predicted molar refractivity (Wildman–Crippen MR) is 71.5 cm³/mol. The molecule has 1 aliphatic heterocycles. The van der Waals surface area contributed by atoms with Crippen LogP contribution in [-0.4, -0.2) is 42.4 Å². The van der Waals surface area contributed by atoms with Gasteiger partial charge in [-0.3, -0.25) is 0 Å². The van der Waals surface area contributed by atoms with Crippen molar-refractivity contribution in [1.29, 1.82) is 0 Å². The van der Waals surface area contributed by atoms with Gasteiger partial charge in [0.05, 0.1) is 31.3 Å². The highest BCUT2D eigenvalue weighted by Crippen LogP contribution is 2.26. The van der Waals surface area contributed by atoms with Gasteiger partial charge < -0.3 is 14.8 Å². The second-order valence-electron chi connectivity index (χ2n) is 3.93. The highest BCUT2D eigenvalue weighted by atomic mass is 35.5. The van der Waals surface area contributed by atoms with Crippen molar-refractivity contribution in [3.05, 3.63) is 16.7 Å². The van der Waals surface area contributed by atoms with E-state index in [0.717, 1.165) is 16.0 Å². The standard InChI is InChI=1S/C11H12ClN3O2S/c12-11-14-9(8-1-4-18-10(8)15-11)13-5-7-6-16-2-3-17-7/h1,4,7H,2-3,5-6H2,(H,13,14,15). The molecule has 0 aliphatic carbocycles. The quantitative estimate of drug-likeness (QED) is 0.876. The van der Waals surface area contributed by atoms with Gasteiger partial charge in [0.2, 0.25) is 5.28 Å². The van der Waals surface area contributed by atoms with Gasteiger partial charge in [-0.2, -0.15) is 0 Å². The molecule has 1 unspecified atom stereocenters. The van der Waals surface area contributed by atoms with E-state index in [-0.39, 0.29) is 11.4 Å². The fraction of sp³-hybridized carbons (Fsp3) is 0.455. The number of nitrogens with zero attached hydrogens (tertiary/aromatic N) is 2. The average Bonchev–Trinajstić information content (AvgIpc) is 2.85. The average molecular weight is 286 g/mol. The zero-order valence-corrected chi connectivity index (χ0v) is 11.1. The number of anilines is 1. The minimum Gasteiger partial charge on any atom is -0.376 e. The summed E-state index contributed by atoms with van der Waals surface area (Å²) < 4.78 is 10.9. The number of fused-ring (bicyclic) bond motifs is 1. The zero-order valence-electron chi connectivity index (χ0n) is 9.56. The van der Waals surface area contributed by atoms with Crippen LogP contribution in [0.3, 0.4) is 0 Å². The van der Waals surface area contributed by atoms with Crippen LogP contribution < -0.4 is 5.32 Å². The number of aromatic nitrogens is 2. The summed E-state index contributed by atoms with van der Waals surface area (Å²) in [6.45, 7) is 2.58. The lowest BCUT2D eigenvalue weighted by molar-refractivity contribution is -0.0819. The molecule has 0 amide bonds. The molecule has 18 heavy (non-hydrogen) atoms. The summed E-state index contributed by atoms with van der Waals surface area (Å²) >= 11 is 7.44. The SMILES string of the molecule is Clc1nc(NCC2COCCO2)c2ccsc2n1. The summed E-state index contributed by atoms with van der Waals surface area (Å²) in [6, 6.07) is 1.98. The van der Waals surface area contributed by atoms with Crippen molar-refractivity contribution in [2.75, 3.05) is 31.7 Å². The number of thiophene rings is 1. The van der Waals surface area contributed by atoms with Crippen molar-refractivity contribution in [3.63, 3.8) is 0 Å². The van der Waals surface area contributed by atoms with Crippen LogP contribution in [-0.2, 0) is 9.47 Å². The molecular formula is C11H12ClN3O2S. The Balaban J connectivity index is 1.75. The lowest BCUT2D eigenvalue weighted by Crippen LogP contribution is -2.34. The van der Waals surface area contributed by atoms with E-state index in [2.05, 4.69) is 15.3 Å². The van der Waals surface area contributed by atoms with Crippen molar-refractivity contribution < 1.29 is 9.47 Å². The second kappa shape index (κ2) is 5.36. The Morgan fingerprint density at radius 1 is 1.44 bits per heavy atom. The number of hydrogen-bond acceptors (Lipinski definition) is 6. The number of halogens is 1. The maximum absolute atomic E-state index is 5.89. The predicted octanol–water partition coefficient (Wildman–Crippen LogP) is 2.17. The smallest absolute Gasteiger partial charge is 0.225 e. The molecule has 2 aromatic rings. The molecule has 0 spiro atoms. The minimum atomic E-state index is 0.0566. The first kappa shape index (κ1) is 12.1. The zero-order chi connectivity index (χ0) is 12.4. The summed E-state index contributed by atoms with van der Waals surface area (Å²) in [4.78, 5) is 9.27. The topological polar surface area (TPSA) is 56.3 Å². The molecule has 7 heteroatoms. The molecule has 0 aromatic carbocycles. The normalized spacial score (nSPS) is 20.2. The van der Waals surface area contributed by atoms with Gasteiger partial charge in [-0.05, 0) is 23.0 Å². The maximum Gasteiger partial charge on any atom is 0.225 e. The molecule has 3 rings (SSSR count). The molecule has 1 aliphatic rings. The molecule has 3 heterocycles. The van der Waals surface area contributed by atoms with Crippen LogP contribution in [0.5, 0.6) is 0 Å². The summed E-state index contributed by atoms with van der Waals surface area (Å²) in [7, 11) is 0. The molecule has 1 atom stereocenters. The van der Waals surface area contributed by atoms with Gasteiger partial charge in [0.25, 0.3) is 0 Å². The number of nitrogens with one attached hydrogen (secondary N) is 1. The number of hydrogen-bond donors (Lipinski definition) is 1. The van der Waals surface area contributed by atoms with Gasteiger partial charge in [0.15, 0.2) is 0 Å². The molecule has 1 saturated heterocycles. The Hall–Kier alpha value is -0.950. The van der Waals surface area contributed by atoms with Gasteiger partial charge in [-0.15, -0.1) is 11.3 Å². The second-order valence-corrected chi connectivity index (χ2v) is 5.16.